The fourth-order valence-corrected chi connectivity index (χ4v) is 2.74. The number of fused-ring (bicyclic) bond motifs is 1. The summed E-state index contributed by atoms with van der Waals surface area (Å²) in [5.41, 5.74) is 9.66. The molecule has 19 heavy (non-hydrogen) atoms. The molecule has 0 unspecified atom stereocenters. The van der Waals surface area contributed by atoms with Gasteiger partial charge in [0.25, 0.3) is 0 Å². The lowest BCUT2D eigenvalue weighted by atomic mass is 10.1. The minimum Gasteiger partial charge on any atom is -0.326 e. The molecule has 0 aliphatic carbocycles. The Labute approximate surface area is 114 Å². The van der Waals surface area contributed by atoms with Crippen LogP contribution < -0.4 is 10.6 Å². The Morgan fingerprint density at radius 3 is 2.89 bits per heavy atom. The van der Waals surface area contributed by atoms with Crippen molar-refractivity contribution in [1.29, 1.82) is 0 Å². The van der Waals surface area contributed by atoms with Crippen LogP contribution in [0.15, 0.2) is 42.6 Å². The standard InChI is InChI=1S/C16H19N3/c17-12-14-8-5-10-18-16(14)19-11-4-3-7-13-6-1-2-9-15(13)19/h1-2,5-6,8-10H,3-4,7,11-12,17H2. The van der Waals surface area contributed by atoms with Crippen LogP contribution in [0.2, 0.25) is 0 Å². The Kier molecular flexibility index (Phi) is 3.47. The first kappa shape index (κ1) is 12.2. The van der Waals surface area contributed by atoms with E-state index in [9.17, 15) is 0 Å². The number of para-hydroxylation sites is 1. The number of hydrogen-bond acceptors (Lipinski definition) is 3. The molecule has 0 saturated heterocycles. The maximum atomic E-state index is 5.85. The highest BCUT2D eigenvalue weighted by atomic mass is 15.2. The summed E-state index contributed by atoms with van der Waals surface area (Å²) in [6.45, 7) is 1.54. The molecule has 2 heterocycles. The van der Waals surface area contributed by atoms with Gasteiger partial charge in [-0.15, -0.1) is 0 Å². The van der Waals surface area contributed by atoms with Gasteiger partial charge in [0.1, 0.15) is 5.82 Å². The van der Waals surface area contributed by atoms with E-state index in [2.05, 4.69) is 40.2 Å². The highest BCUT2D eigenvalue weighted by Gasteiger charge is 2.18. The van der Waals surface area contributed by atoms with Crippen LogP contribution in [0.25, 0.3) is 0 Å². The normalized spacial score (nSPS) is 14.9. The number of aryl methyl sites for hydroxylation is 1. The Hall–Kier alpha value is -1.87. The van der Waals surface area contributed by atoms with Gasteiger partial charge in [0.2, 0.25) is 0 Å². The SMILES string of the molecule is NCc1cccnc1N1CCCCc2ccccc21. The van der Waals surface area contributed by atoms with Crippen molar-refractivity contribution in [3.05, 3.63) is 53.7 Å². The van der Waals surface area contributed by atoms with Gasteiger partial charge in [-0.25, -0.2) is 4.98 Å². The molecule has 0 radical (unpaired) electrons. The maximum absolute atomic E-state index is 5.85. The quantitative estimate of drug-likeness (QED) is 0.894. The first-order valence-corrected chi connectivity index (χ1v) is 6.89. The molecule has 0 amide bonds. The number of nitrogens with zero attached hydrogens (tertiary/aromatic N) is 2. The van der Waals surface area contributed by atoms with E-state index in [0.717, 1.165) is 24.3 Å². The van der Waals surface area contributed by atoms with Crippen molar-refractivity contribution in [1.82, 2.24) is 4.98 Å². The lowest BCUT2D eigenvalue weighted by Gasteiger charge is -2.25. The van der Waals surface area contributed by atoms with Gasteiger partial charge in [-0.3, -0.25) is 0 Å². The molecular formula is C16H19N3. The first-order chi connectivity index (χ1) is 9.40. The summed E-state index contributed by atoms with van der Waals surface area (Å²) in [5, 5.41) is 0. The first-order valence-electron chi connectivity index (χ1n) is 6.89. The van der Waals surface area contributed by atoms with Gasteiger partial charge in [0.05, 0.1) is 0 Å². The molecule has 3 rings (SSSR count). The second-order valence-corrected chi connectivity index (χ2v) is 4.93. The van der Waals surface area contributed by atoms with Gasteiger partial charge < -0.3 is 10.6 Å². The van der Waals surface area contributed by atoms with Crippen LogP contribution in [0.1, 0.15) is 24.0 Å². The van der Waals surface area contributed by atoms with Crippen LogP contribution in [0, 0.1) is 0 Å². The molecule has 3 nitrogen and oxygen atoms in total. The number of aromatic nitrogens is 1. The van der Waals surface area contributed by atoms with E-state index in [1.807, 2.05) is 12.3 Å². The molecule has 0 saturated carbocycles. The maximum Gasteiger partial charge on any atom is 0.137 e. The molecule has 1 aromatic carbocycles. The molecule has 0 fully saturated rings. The third-order valence-corrected chi connectivity index (χ3v) is 3.70. The third kappa shape index (κ3) is 2.34. The summed E-state index contributed by atoms with van der Waals surface area (Å²) in [5.74, 6) is 1.01. The second-order valence-electron chi connectivity index (χ2n) is 4.93. The summed E-state index contributed by atoms with van der Waals surface area (Å²) >= 11 is 0. The monoisotopic (exact) mass is 253 g/mol. The molecule has 2 aromatic rings. The van der Waals surface area contributed by atoms with E-state index in [1.54, 1.807) is 0 Å². The zero-order chi connectivity index (χ0) is 13.1. The van der Waals surface area contributed by atoms with Crippen molar-refractivity contribution < 1.29 is 0 Å². The predicted octanol–water partition coefficient (Wildman–Crippen LogP) is 3.01. The Bertz CT molecular complexity index is 565. The number of hydrogen-bond donors (Lipinski definition) is 1. The lowest BCUT2D eigenvalue weighted by molar-refractivity contribution is 0.755. The van der Waals surface area contributed by atoms with Crippen molar-refractivity contribution in [3.8, 4) is 0 Å². The Morgan fingerprint density at radius 2 is 2.00 bits per heavy atom. The van der Waals surface area contributed by atoms with Crippen molar-refractivity contribution >= 4 is 11.5 Å². The summed E-state index contributed by atoms with van der Waals surface area (Å²) < 4.78 is 0. The number of anilines is 2. The van der Waals surface area contributed by atoms with Crippen molar-refractivity contribution in [2.45, 2.75) is 25.8 Å². The highest BCUT2D eigenvalue weighted by Crippen LogP contribution is 2.32. The molecule has 3 heteroatoms. The number of benzene rings is 1. The molecule has 0 bridgehead atoms. The molecule has 1 aliphatic heterocycles. The number of rotatable bonds is 2. The molecule has 0 spiro atoms. The van der Waals surface area contributed by atoms with Crippen LogP contribution >= 0.6 is 0 Å². The Balaban J connectivity index is 2.09. The van der Waals surface area contributed by atoms with Crippen molar-refractivity contribution in [2.24, 2.45) is 5.73 Å². The van der Waals surface area contributed by atoms with Crippen LogP contribution in [-0.2, 0) is 13.0 Å². The smallest absolute Gasteiger partial charge is 0.137 e. The van der Waals surface area contributed by atoms with E-state index in [-0.39, 0.29) is 0 Å². The fraction of sp³-hybridized carbons (Fsp3) is 0.312. The van der Waals surface area contributed by atoms with Gasteiger partial charge in [0.15, 0.2) is 0 Å². The van der Waals surface area contributed by atoms with Crippen molar-refractivity contribution in [3.63, 3.8) is 0 Å². The zero-order valence-electron chi connectivity index (χ0n) is 11.0. The van der Waals surface area contributed by atoms with E-state index in [4.69, 9.17) is 5.73 Å². The van der Waals surface area contributed by atoms with Crippen LogP contribution in [0.3, 0.4) is 0 Å². The average molecular weight is 253 g/mol. The van der Waals surface area contributed by atoms with Crippen LogP contribution in [-0.4, -0.2) is 11.5 Å². The van der Waals surface area contributed by atoms with Gasteiger partial charge in [-0.05, 0) is 37.0 Å². The van der Waals surface area contributed by atoms with Crippen molar-refractivity contribution in [2.75, 3.05) is 11.4 Å². The largest absolute Gasteiger partial charge is 0.326 e. The van der Waals surface area contributed by atoms with Crippen LogP contribution in [0.5, 0.6) is 0 Å². The summed E-state index contributed by atoms with van der Waals surface area (Å²) in [7, 11) is 0. The van der Waals surface area contributed by atoms with Gasteiger partial charge >= 0.3 is 0 Å². The van der Waals surface area contributed by atoms with E-state index >= 15 is 0 Å². The predicted molar refractivity (Wildman–Crippen MR) is 78.5 cm³/mol. The van der Waals surface area contributed by atoms with E-state index in [1.165, 1.54) is 24.1 Å². The summed E-state index contributed by atoms with van der Waals surface area (Å²) in [4.78, 5) is 6.88. The lowest BCUT2D eigenvalue weighted by Crippen LogP contribution is -2.21. The molecule has 1 aromatic heterocycles. The number of pyridine rings is 1. The third-order valence-electron chi connectivity index (χ3n) is 3.70. The average Bonchev–Trinajstić information content (AvgIpc) is 2.69. The second kappa shape index (κ2) is 5.41. The molecule has 2 N–H and O–H groups in total. The summed E-state index contributed by atoms with van der Waals surface area (Å²) in [6.07, 6.45) is 5.42. The molecule has 98 valence electrons. The minimum absolute atomic E-state index is 0.530. The van der Waals surface area contributed by atoms with Gasteiger partial charge in [-0.1, -0.05) is 24.3 Å². The van der Waals surface area contributed by atoms with Crippen LogP contribution in [0.4, 0.5) is 11.5 Å². The number of nitrogens with two attached hydrogens (primary N) is 1. The molecule has 0 atom stereocenters. The summed E-state index contributed by atoms with van der Waals surface area (Å²) in [6, 6.07) is 12.6. The highest BCUT2D eigenvalue weighted by molar-refractivity contribution is 5.66. The fourth-order valence-electron chi connectivity index (χ4n) is 2.74. The Morgan fingerprint density at radius 1 is 1.11 bits per heavy atom. The minimum atomic E-state index is 0.530. The topological polar surface area (TPSA) is 42.1 Å². The van der Waals surface area contributed by atoms with E-state index < -0.39 is 0 Å². The molecular weight excluding hydrogens is 234 g/mol. The van der Waals surface area contributed by atoms with Gasteiger partial charge in [0, 0.05) is 30.5 Å². The van der Waals surface area contributed by atoms with Gasteiger partial charge in [-0.2, -0.15) is 0 Å². The zero-order valence-corrected chi connectivity index (χ0v) is 11.0. The molecule has 1 aliphatic rings. The van der Waals surface area contributed by atoms with E-state index in [0.29, 0.717) is 6.54 Å².